The zero-order chi connectivity index (χ0) is 27.3. The average molecular weight is 618 g/mol. The van der Waals surface area contributed by atoms with Crippen molar-refractivity contribution < 1.29 is 0 Å². The summed E-state index contributed by atoms with van der Waals surface area (Å²) in [5.41, 5.74) is 0.744. The molecule has 3 aromatic rings. The molecule has 0 aliphatic heterocycles. The van der Waals surface area contributed by atoms with Crippen LogP contribution in [-0.2, 0) is 0 Å². The van der Waals surface area contributed by atoms with Crippen molar-refractivity contribution >= 4 is 69.7 Å². The van der Waals surface area contributed by atoms with E-state index < -0.39 is 0 Å². The molecule has 0 atom stereocenters. The number of aromatic amines is 1. The molecule has 1 aromatic heterocycles. The molecule has 0 saturated carbocycles. The third-order valence-corrected chi connectivity index (χ3v) is 8.60. The number of benzene rings is 2. The van der Waals surface area contributed by atoms with Crippen LogP contribution < -0.4 is 10.9 Å². The lowest BCUT2D eigenvalue weighted by molar-refractivity contribution is 0.548. The Morgan fingerprint density at radius 2 is 1.34 bits per heavy atom. The van der Waals surface area contributed by atoms with Gasteiger partial charge in [0.1, 0.15) is 11.5 Å². The first-order valence-electron chi connectivity index (χ1n) is 13.6. The zero-order valence-electron chi connectivity index (χ0n) is 21.9. The fourth-order valence-electron chi connectivity index (χ4n) is 4.34. The minimum absolute atomic E-state index is 0.271. The number of aromatic nitrogens is 2. The summed E-state index contributed by atoms with van der Waals surface area (Å²) in [7, 11) is 0. The fourth-order valence-corrected chi connectivity index (χ4v) is 6.44. The van der Waals surface area contributed by atoms with Crippen molar-refractivity contribution in [1.82, 2.24) is 9.78 Å². The van der Waals surface area contributed by atoms with Gasteiger partial charge in [0, 0.05) is 16.0 Å². The van der Waals surface area contributed by atoms with E-state index in [9.17, 15) is 4.79 Å². The minimum atomic E-state index is -0.313. The van der Waals surface area contributed by atoms with Crippen LogP contribution in [-0.4, -0.2) is 15.5 Å². The number of halogens is 4. The van der Waals surface area contributed by atoms with Crippen LogP contribution in [0.25, 0.3) is 5.69 Å². The molecule has 0 aliphatic rings. The van der Waals surface area contributed by atoms with Crippen LogP contribution in [0.1, 0.15) is 84.0 Å². The van der Waals surface area contributed by atoms with Gasteiger partial charge < -0.3 is 5.32 Å². The van der Waals surface area contributed by atoms with Gasteiger partial charge >= 0.3 is 0 Å². The molecular formula is C29H37Cl4N3OS. The van der Waals surface area contributed by atoms with Crippen molar-refractivity contribution in [2.24, 2.45) is 0 Å². The Morgan fingerprint density at radius 1 is 0.763 bits per heavy atom. The molecule has 3 rings (SSSR count). The van der Waals surface area contributed by atoms with Gasteiger partial charge in [-0.15, -0.1) is 11.8 Å². The van der Waals surface area contributed by atoms with Gasteiger partial charge in [0.05, 0.1) is 20.8 Å². The van der Waals surface area contributed by atoms with Crippen molar-refractivity contribution in [3.8, 4) is 5.69 Å². The topological polar surface area (TPSA) is 49.8 Å². The molecule has 0 radical (unpaired) electrons. The lowest BCUT2D eigenvalue weighted by Crippen LogP contribution is -2.14. The molecule has 0 aliphatic carbocycles. The highest BCUT2D eigenvalue weighted by molar-refractivity contribution is 7.99. The summed E-state index contributed by atoms with van der Waals surface area (Å²) >= 11 is 26.8. The van der Waals surface area contributed by atoms with E-state index in [2.05, 4.69) is 17.3 Å². The molecule has 4 nitrogen and oxygen atoms in total. The first kappa shape index (κ1) is 31.3. The monoisotopic (exact) mass is 615 g/mol. The number of nitrogens with zero attached hydrogens (tertiary/aromatic N) is 1. The molecule has 0 spiro atoms. The Hall–Kier alpha value is -1.24. The van der Waals surface area contributed by atoms with Gasteiger partial charge in [-0.2, -0.15) is 0 Å². The Bertz CT molecular complexity index is 1190. The SMILES string of the molecule is CCCCCCCCCCCCCCSc1ccc(Cl)c(Nc2cc(=O)n(-c3c(Cl)cc(Cl)cc3Cl)[nH]2)c1. The predicted molar refractivity (Wildman–Crippen MR) is 168 cm³/mol. The average Bonchev–Trinajstić information content (AvgIpc) is 3.22. The smallest absolute Gasteiger partial charge is 0.273 e. The number of hydrogen-bond donors (Lipinski definition) is 2. The maximum absolute atomic E-state index is 12.6. The van der Waals surface area contributed by atoms with Gasteiger partial charge in [-0.1, -0.05) is 124 Å². The van der Waals surface area contributed by atoms with Crippen LogP contribution in [0.4, 0.5) is 11.5 Å². The molecule has 0 bridgehead atoms. The van der Waals surface area contributed by atoms with Crippen molar-refractivity contribution in [1.29, 1.82) is 0 Å². The van der Waals surface area contributed by atoms with E-state index in [1.54, 1.807) is 12.1 Å². The molecule has 0 saturated heterocycles. The minimum Gasteiger partial charge on any atom is -0.339 e. The van der Waals surface area contributed by atoms with E-state index in [4.69, 9.17) is 46.4 Å². The normalized spacial score (nSPS) is 11.3. The maximum atomic E-state index is 12.6. The molecule has 0 fully saturated rings. The second-order valence-electron chi connectivity index (χ2n) is 9.57. The highest BCUT2D eigenvalue weighted by atomic mass is 35.5. The summed E-state index contributed by atoms with van der Waals surface area (Å²) in [4.78, 5) is 13.8. The Labute approximate surface area is 250 Å². The standard InChI is InChI=1S/C29H37Cl4N3OS/c1-2-3-4-5-6-7-8-9-10-11-12-13-16-38-22-14-15-23(31)26(19-22)34-27-20-28(37)36(35-27)29-24(32)17-21(30)18-25(29)33/h14-15,17-20,34-35H,2-13,16H2,1H3. The second-order valence-corrected chi connectivity index (χ2v) is 12.4. The van der Waals surface area contributed by atoms with Crippen molar-refractivity contribution in [3.63, 3.8) is 0 Å². The van der Waals surface area contributed by atoms with E-state index in [1.807, 2.05) is 30.0 Å². The summed E-state index contributed by atoms with van der Waals surface area (Å²) < 4.78 is 1.28. The Balaban J connectivity index is 1.43. The summed E-state index contributed by atoms with van der Waals surface area (Å²) in [6.07, 6.45) is 16.2. The molecule has 2 N–H and O–H groups in total. The Kier molecular flexibility index (Phi) is 13.8. The molecule has 2 aromatic carbocycles. The lowest BCUT2D eigenvalue weighted by atomic mass is 10.1. The van der Waals surface area contributed by atoms with E-state index in [-0.39, 0.29) is 15.6 Å². The second kappa shape index (κ2) is 16.8. The van der Waals surface area contributed by atoms with Crippen LogP contribution in [0.5, 0.6) is 0 Å². The van der Waals surface area contributed by atoms with Crippen LogP contribution in [0.2, 0.25) is 20.1 Å². The van der Waals surface area contributed by atoms with Crippen LogP contribution >= 0.6 is 58.2 Å². The molecule has 0 unspecified atom stereocenters. The van der Waals surface area contributed by atoms with E-state index in [0.717, 1.165) is 10.6 Å². The summed E-state index contributed by atoms with van der Waals surface area (Å²) in [5, 5.41) is 7.72. The number of unbranched alkanes of at least 4 members (excludes halogenated alkanes) is 11. The van der Waals surface area contributed by atoms with Crippen LogP contribution in [0, 0.1) is 0 Å². The van der Waals surface area contributed by atoms with Gasteiger partial charge in [-0.25, -0.2) is 4.68 Å². The molecule has 1 heterocycles. The molecule has 38 heavy (non-hydrogen) atoms. The maximum Gasteiger partial charge on any atom is 0.273 e. The highest BCUT2D eigenvalue weighted by Crippen LogP contribution is 2.33. The predicted octanol–water partition coefficient (Wildman–Crippen LogP) is 11.3. The molecule has 9 heteroatoms. The first-order chi connectivity index (χ1) is 18.4. The van der Waals surface area contributed by atoms with Gasteiger partial charge in [0.2, 0.25) is 0 Å². The van der Waals surface area contributed by atoms with Gasteiger partial charge in [0.15, 0.2) is 0 Å². The highest BCUT2D eigenvalue weighted by Gasteiger charge is 2.15. The first-order valence-corrected chi connectivity index (χ1v) is 16.0. The van der Waals surface area contributed by atoms with Crippen molar-refractivity contribution in [2.45, 2.75) is 88.9 Å². The summed E-state index contributed by atoms with van der Waals surface area (Å²) in [6, 6.07) is 10.4. The number of hydrogen-bond acceptors (Lipinski definition) is 3. The lowest BCUT2D eigenvalue weighted by Gasteiger charge is -2.10. The third kappa shape index (κ3) is 10.1. The van der Waals surface area contributed by atoms with Crippen LogP contribution in [0.3, 0.4) is 0 Å². The largest absolute Gasteiger partial charge is 0.339 e. The zero-order valence-corrected chi connectivity index (χ0v) is 25.8. The number of nitrogens with one attached hydrogen (secondary N) is 2. The molecule has 208 valence electrons. The Morgan fingerprint density at radius 3 is 1.95 bits per heavy atom. The van der Waals surface area contributed by atoms with Crippen molar-refractivity contribution in [2.75, 3.05) is 11.1 Å². The summed E-state index contributed by atoms with van der Waals surface area (Å²) in [6.45, 7) is 2.27. The van der Waals surface area contributed by atoms with E-state index in [0.29, 0.717) is 27.2 Å². The van der Waals surface area contributed by atoms with Gasteiger partial charge in [-0.05, 0) is 42.5 Å². The van der Waals surface area contributed by atoms with Crippen LogP contribution in [0.15, 0.2) is 46.1 Å². The molecule has 0 amide bonds. The van der Waals surface area contributed by atoms with Gasteiger partial charge in [0.25, 0.3) is 5.56 Å². The molecular weight excluding hydrogens is 580 g/mol. The number of H-pyrrole nitrogens is 1. The summed E-state index contributed by atoms with van der Waals surface area (Å²) in [5.74, 6) is 1.54. The van der Waals surface area contributed by atoms with E-state index in [1.165, 1.54) is 87.8 Å². The number of thioether (sulfide) groups is 1. The number of rotatable bonds is 17. The third-order valence-electron chi connectivity index (χ3n) is 6.40. The van der Waals surface area contributed by atoms with Crippen molar-refractivity contribution in [3.05, 3.63) is 66.8 Å². The number of anilines is 2. The quantitative estimate of drug-likeness (QED) is 0.117. The fraction of sp³-hybridized carbons (Fsp3) is 0.483. The van der Waals surface area contributed by atoms with E-state index >= 15 is 0 Å². The van der Waals surface area contributed by atoms with Gasteiger partial charge in [-0.3, -0.25) is 9.89 Å².